The van der Waals surface area contributed by atoms with E-state index >= 15 is 0 Å². The van der Waals surface area contributed by atoms with Gasteiger partial charge in [-0.05, 0) is 23.6 Å². The summed E-state index contributed by atoms with van der Waals surface area (Å²) in [5.74, 6) is -0.837. The zero-order chi connectivity index (χ0) is 11.4. The third-order valence-corrected chi connectivity index (χ3v) is 2.87. The molecule has 0 bridgehead atoms. The predicted molar refractivity (Wildman–Crippen MR) is 59.7 cm³/mol. The minimum atomic E-state index is -0.588. The monoisotopic (exact) mass is 236 g/mol. The van der Waals surface area contributed by atoms with Crippen molar-refractivity contribution in [3.05, 3.63) is 52.2 Å². The molecule has 0 saturated heterocycles. The number of carbonyl (C=O) groups excluding carboxylic acids is 1. The van der Waals surface area contributed by atoms with Gasteiger partial charge in [-0.3, -0.25) is 4.79 Å². The maximum absolute atomic E-state index is 12.5. The van der Waals surface area contributed by atoms with Crippen LogP contribution in [0.3, 0.4) is 0 Å². The Morgan fingerprint density at radius 3 is 2.94 bits per heavy atom. The summed E-state index contributed by atoms with van der Waals surface area (Å²) in [7, 11) is 0. The van der Waals surface area contributed by atoms with E-state index in [1.54, 1.807) is 11.3 Å². The average Bonchev–Trinajstić information content (AvgIpc) is 2.80. The SMILES string of the molecule is O=C(NCc1cccs1)c1ccc(F)nc1. The molecule has 1 N–H and O–H groups in total. The van der Waals surface area contributed by atoms with E-state index in [1.807, 2.05) is 17.5 Å². The van der Waals surface area contributed by atoms with Crippen molar-refractivity contribution in [2.45, 2.75) is 6.54 Å². The number of halogens is 1. The summed E-state index contributed by atoms with van der Waals surface area (Å²) in [6.45, 7) is 0.480. The summed E-state index contributed by atoms with van der Waals surface area (Å²) in [6, 6.07) is 6.44. The van der Waals surface area contributed by atoms with Gasteiger partial charge in [0.15, 0.2) is 0 Å². The standard InChI is InChI=1S/C11H9FN2OS/c12-10-4-3-8(6-13-10)11(15)14-7-9-2-1-5-16-9/h1-6H,7H2,(H,14,15). The van der Waals surface area contributed by atoms with E-state index in [2.05, 4.69) is 10.3 Å². The van der Waals surface area contributed by atoms with Crippen molar-refractivity contribution in [2.24, 2.45) is 0 Å². The van der Waals surface area contributed by atoms with Gasteiger partial charge < -0.3 is 5.32 Å². The highest BCUT2D eigenvalue weighted by atomic mass is 32.1. The number of aromatic nitrogens is 1. The third-order valence-electron chi connectivity index (χ3n) is 1.99. The first-order chi connectivity index (χ1) is 7.75. The summed E-state index contributed by atoms with van der Waals surface area (Å²) in [4.78, 5) is 16.1. The Hall–Kier alpha value is -1.75. The quantitative estimate of drug-likeness (QED) is 0.830. The van der Waals surface area contributed by atoms with E-state index in [1.165, 1.54) is 18.3 Å². The summed E-state index contributed by atoms with van der Waals surface area (Å²) in [5, 5.41) is 4.68. The van der Waals surface area contributed by atoms with Crippen molar-refractivity contribution in [3.63, 3.8) is 0 Å². The molecule has 16 heavy (non-hydrogen) atoms. The minimum Gasteiger partial charge on any atom is -0.347 e. The molecule has 0 fully saturated rings. The van der Waals surface area contributed by atoms with Gasteiger partial charge >= 0.3 is 0 Å². The molecule has 2 aromatic heterocycles. The Labute approximate surface area is 96.0 Å². The fourth-order valence-corrected chi connectivity index (χ4v) is 1.84. The zero-order valence-corrected chi connectivity index (χ0v) is 9.13. The number of amides is 1. The lowest BCUT2D eigenvalue weighted by Crippen LogP contribution is -2.22. The molecule has 0 aliphatic carbocycles. The van der Waals surface area contributed by atoms with Crippen LogP contribution in [0.5, 0.6) is 0 Å². The van der Waals surface area contributed by atoms with Crippen LogP contribution in [0.2, 0.25) is 0 Å². The molecule has 0 aliphatic rings. The molecule has 0 saturated carbocycles. The molecule has 0 spiro atoms. The highest BCUT2D eigenvalue weighted by molar-refractivity contribution is 7.09. The van der Waals surface area contributed by atoms with Crippen molar-refractivity contribution in [2.75, 3.05) is 0 Å². The molecule has 82 valence electrons. The summed E-state index contributed by atoms with van der Waals surface area (Å²) < 4.78 is 12.5. The number of rotatable bonds is 3. The van der Waals surface area contributed by atoms with Crippen molar-refractivity contribution in [1.82, 2.24) is 10.3 Å². The molecular weight excluding hydrogens is 227 g/mol. The topological polar surface area (TPSA) is 42.0 Å². The smallest absolute Gasteiger partial charge is 0.253 e. The summed E-state index contributed by atoms with van der Waals surface area (Å²) >= 11 is 1.57. The van der Waals surface area contributed by atoms with Crippen LogP contribution in [0, 0.1) is 5.95 Å². The first kappa shape index (κ1) is 10.8. The van der Waals surface area contributed by atoms with Crippen LogP contribution in [-0.2, 0) is 6.54 Å². The van der Waals surface area contributed by atoms with E-state index in [0.717, 1.165) is 4.88 Å². The maximum atomic E-state index is 12.5. The molecule has 0 unspecified atom stereocenters. The fourth-order valence-electron chi connectivity index (χ4n) is 1.19. The van der Waals surface area contributed by atoms with Crippen LogP contribution < -0.4 is 5.32 Å². The molecule has 5 heteroatoms. The van der Waals surface area contributed by atoms with E-state index in [-0.39, 0.29) is 5.91 Å². The molecule has 1 amide bonds. The Kier molecular flexibility index (Phi) is 3.26. The van der Waals surface area contributed by atoms with E-state index in [9.17, 15) is 9.18 Å². The van der Waals surface area contributed by atoms with Gasteiger partial charge in [0.2, 0.25) is 5.95 Å². The van der Waals surface area contributed by atoms with E-state index < -0.39 is 5.95 Å². The second-order valence-electron chi connectivity index (χ2n) is 3.13. The van der Waals surface area contributed by atoms with Crippen LogP contribution >= 0.6 is 11.3 Å². The molecule has 0 radical (unpaired) electrons. The lowest BCUT2D eigenvalue weighted by molar-refractivity contribution is 0.0951. The summed E-state index contributed by atoms with van der Waals surface area (Å²) in [5.41, 5.74) is 0.359. The predicted octanol–water partition coefficient (Wildman–Crippen LogP) is 2.21. The highest BCUT2D eigenvalue weighted by Crippen LogP contribution is 2.08. The maximum Gasteiger partial charge on any atom is 0.253 e. The lowest BCUT2D eigenvalue weighted by atomic mass is 10.2. The number of pyridine rings is 1. The normalized spacial score (nSPS) is 10.1. The Morgan fingerprint density at radius 1 is 1.44 bits per heavy atom. The van der Waals surface area contributed by atoms with Crippen LogP contribution in [-0.4, -0.2) is 10.9 Å². The van der Waals surface area contributed by atoms with Gasteiger partial charge in [0, 0.05) is 11.1 Å². The third kappa shape index (κ3) is 2.64. The Balaban J connectivity index is 1.95. The molecule has 0 atom stereocenters. The first-order valence-electron chi connectivity index (χ1n) is 4.68. The average molecular weight is 236 g/mol. The fraction of sp³-hybridized carbons (Fsp3) is 0.0909. The van der Waals surface area contributed by atoms with Gasteiger partial charge in [0.25, 0.3) is 5.91 Å². The summed E-state index contributed by atoms with van der Waals surface area (Å²) in [6.07, 6.45) is 1.22. The van der Waals surface area contributed by atoms with E-state index in [0.29, 0.717) is 12.1 Å². The Morgan fingerprint density at radius 2 is 2.31 bits per heavy atom. The van der Waals surface area contributed by atoms with Crippen LogP contribution in [0.25, 0.3) is 0 Å². The minimum absolute atomic E-state index is 0.249. The van der Waals surface area contributed by atoms with Gasteiger partial charge in [-0.2, -0.15) is 4.39 Å². The van der Waals surface area contributed by atoms with Gasteiger partial charge in [-0.1, -0.05) is 6.07 Å². The Bertz CT molecular complexity index is 467. The van der Waals surface area contributed by atoms with Crippen molar-refractivity contribution < 1.29 is 9.18 Å². The number of carbonyl (C=O) groups is 1. The van der Waals surface area contributed by atoms with Gasteiger partial charge in [-0.25, -0.2) is 4.98 Å². The number of thiophene rings is 1. The molecule has 0 aromatic carbocycles. The number of hydrogen-bond donors (Lipinski definition) is 1. The van der Waals surface area contributed by atoms with Crippen LogP contribution in [0.1, 0.15) is 15.2 Å². The van der Waals surface area contributed by atoms with Gasteiger partial charge in [-0.15, -0.1) is 11.3 Å². The second kappa shape index (κ2) is 4.85. The largest absolute Gasteiger partial charge is 0.347 e. The van der Waals surface area contributed by atoms with Crippen LogP contribution in [0.15, 0.2) is 35.8 Å². The molecular formula is C11H9FN2OS. The molecule has 2 aromatic rings. The molecule has 2 rings (SSSR count). The first-order valence-corrected chi connectivity index (χ1v) is 5.56. The highest BCUT2D eigenvalue weighted by Gasteiger charge is 2.05. The van der Waals surface area contributed by atoms with Crippen LogP contribution in [0.4, 0.5) is 4.39 Å². The van der Waals surface area contributed by atoms with Crippen molar-refractivity contribution in [1.29, 1.82) is 0 Å². The van der Waals surface area contributed by atoms with Crippen molar-refractivity contribution >= 4 is 17.2 Å². The lowest BCUT2D eigenvalue weighted by Gasteiger charge is -2.02. The number of nitrogens with one attached hydrogen (secondary N) is 1. The van der Waals surface area contributed by atoms with Gasteiger partial charge in [0.1, 0.15) is 0 Å². The number of hydrogen-bond acceptors (Lipinski definition) is 3. The second-order valence-corrected chi connectivity index (χ2v) is 4.16. The molecule has 3 nitrogen and oxygen atoms in total. The molecule has 0 aliphatic heterocycles. The van der Waals surface area contributed by atoms with Gasteiger partial charge in [0.05, 0.1) is 12.1 Å². The zero-order valence-electron chi connectivity index (χ0n) is 8.31. The van der Waals surface area contributed by atoms with E-state index in [4.69, 9.17) is 0 Å². The van der Waals surface area contributed by atoms with Crippen molar-refractivity contribution in [3.8, 4) is 0 Å². The number of nitrogens with zero attached hydrogens (tertiary/aromatic N) is 1. The molecule has 2 heterocycles.